The molecule has 7 heteroatoms. The average Bonchev–Trinajstić information content (AvgIpc) is 3.13. The number of benzene rings is 2. The molecule has 1 fully saturated rings. The van der Waals surface area contributed by atoms with Gasteiger partial charge in [0, 0.05) is 17.7 Å². The van der Waals surface area contributed by atoms with Gasteiger partial charge in [0.1, 0.15) is 11.9 Å². The number of nitrogens with two attached hydrogens (primary N) is 1. The summed E-state index contributed by atoms with van der Waals surface area (Å²) in [6, 6.07) is 11.5. The number of nitrogens with one attached hydrogen (secondary N) is 1. The van der Waals surface area contributed by atoms with E-state index in [-0.39, 0.29) is 17.2 Å². The van der Waals surface area contributed by atoms with Crippen LogP contribution < -0.4 is 11.1 Å². The maximum atomic E-state index is 14.0. The first-order valence-corrected chi connectivity index (χ1v) is 8.23. The maximum absolute atomic E-state index is 14.0. The van der Waals surface area contributed by atoms with Gasteiger partial charge in [-0.15, -0.1) is 0 Å². The fourth-order valence-corrected chi connectivity index (χ4v) is 3.02. The van der Waals surface area contributed by atoms with Gasteiger partial charge in [-0.2, -0.15) is 0 Å². The topological polar surface area (TPSA) is 92.5 Å². The zero-order valence-corrected chi connectivity index (χ0v) is 13.9. The Bertz CT molecular complexity index is 854. The second-order valence-electron chi connectivity index (χ2n) is 6.07. The van der Waals surface area contributed by atoms with Gasteiger partial charge in [0.25, 0.3) is 5.91 Å². The van der Waals surface area contributed by atoms with Gasteiger partial charge in [-0.1, -0.05) is 18.2 Å². The molecule has 0 bridgehead atoms. The van der Waals surface area contributed by atoms with E-state index in [0.29, 0.717) is 24.9 Å². The highest BCUT2D eigenvalue weighted by molar-refractivity contribution is 6.02. The van der Waals surface area contributed by atoms with Crippen LogP contribution in [0.2, 0.25) is 0 Å². The van der Waals surface area contributed by atoms with Gasteiger partial charge in [0.15, 0.2) is 0 Å². The second-order valence-corrected chi connectivity index (χ2v) is 6.07. The van der Waals surface area contributed by atoms with E-state index in [9.17, 15) is 18.8 Å². The molecule has 26 heavy (non-hydrogen) atoms. The molecular weight excluding hydrogens is 337 g/mol. The Morgan fingerprint density at radius 3 is 2.50 bits per heavy atom. The number of anilines is 1. The number of hydrogen-bond donors (Lipinski definition) is 2. The van der Waals surface area contributed by atoms with E-state index in [0.717, 1.165) is 6.07 Å². The van der Waals surface area contributed by atoms with Crippen LogP contribution in [0.15, 0.2) is 48.5 Å². The molecule has 3 N–H and O–H groups in total. The third-order valence-corrected chi connectivity index (χ3v) is 4.35. The molecule has 1 aliphatic rings. The molecule has 1 heterocycles. The molecule has 0 saturated carbocycles. The molecule has 6 nitrogen and oxygen atoms in total. The van der Waals surface area contributed by atoms with Crippen LogP contribution >= 0.6 is 0 Å². The second kappa shape index (κ2) is 7.35. The van der Waals surface area contributed by atoms with Crippen molar-refractivity contribution in [2.75, 3.05) is 11.9 Å². The minimum atomic E-state index is -0.720. The third-order valence-electron chi connectivity index (χ3n) is 4.35. The number of hydrogen-bond acceptors (Lipinski definition) is 3. The van der Waals surface area contributed by atoms with Gasteiger partial charge in [-0.3, -0.25) is 14.4 Å². The van der Waals surface area contributed by atoms with Crippen molar-refractivity contribution < 1.29 is 18.8 Å². The van der Waals surface area contributed by atoms with Crippen LogP contribution in [-0.2, 0) is 4.79 Å². The third kappa shape index (κ3) is 3.56. The molecule has 0 aromatic heterocycles. The first-order chi connectivity index (χ1) is 12.5. The molecule has 1 saturated heterocycles. The zero-order valence-electron chi connectivity index (χ0n) is 13.9. The van der Waals surface area contributed by atoms with Crippen LogP contribution in [0.3, 0.4) is 0 Å². The Kier molecular flexibility index (Phi) is 4.97. The lowest BCUT2D eigenvalue weighted by molar-refractivity contribution is -0.119. The molecule has 134 valence electrons. The molecule has 1 unspecified atom stereocenters. The van der Waals surface area contributed by atoms with Crippen molar-refractivity contribution in [2.24, 2.45) is 5.73 Å². The molecule has 0 radical (unpaired) electrons. The van der Waals surface area contributed by atoms with E-state index in [1.807, 2.05) is 0 Å². The Balaban J connectivity index is 1.78. The highest BCUT2D eigenvalue weighted by Crippen LogP contribution is 2.23. The maximum Gasteiger partial charge on any atom is 0.254 e. The number of primary amides is 1. The molecule has 2 aromatic rings. The number of carbonyl (C=O) groups is 3. The standard InChI is InChI=1S/C19H18FN3O3/c20-14-9-8-13(17(21)24)11-15(14)22-18(25)16-7-4-10-23(16)19(26)12-5-2-1-3-6-12/h1-3,5-6,8-9,11,16H,4,7,10H2,(H2,21,24)(H,22,25). The van der Waals surface area contributed by atoms with Crippen LogP contribution in [0.1, 0.15) is 33.6 Å². The predicted molar refractivity (Wildman–Crippen MR) is 94.0 cm³/mol. The van der Waals surface area contributed by atoms with Crippen molar-refractivity contribution >= 4 is 23.4 Å². The van der Waals surface area contributed by atoms with Crippen molar-refractivity contribution in [2.45, 2.75) is 18.9 Å². The van der Waals surface area contributed by atoms with Gasteiger partial charge in [-0.25, -0.2) is 4.39 Å². The Morgan fingerprint density at radius 2 is 1.81 bits per heavy atom. The summed E-state index contributed by atoms with van der Waals surface area (Å²) in [5.41, 5.74) is 5.63. The van der Waals surface area contributed by atoms with Crippen molar-refractivity contribution in [1.29, 1.82) is 0 Å². The molecule has 1 atom stereocenters. The summed E-state index contributed by atoms with van der Waals surface area (Å²) in [6.45, 7) is 0.454. The van der Waals surface area contributed by atoms with Gasteiger partial charge in [0.05, 0.1) is 5.69 Å². The number of carbonyl (C=O) groups excluding carboxylic acids is 3. The van der Waals surface area contributed by atoms with Crippen molar-refractivity contribution in [1.82, 2.24) is 4.90 Å². The molecule has 3 amide bonds. The lowest BCUT2D eigenvalue weighted by Gasteiger charge is -2.24. The van der Waals surface area contributed by atoms with Gasteiger partial charge in [-0.05, 0) is 43.2 Å². The van der Waals surface area contributed by atoms with E-state index in [1.54, 1.807) is 30.3 Å². The quantitative estimate of drug-likeness (QED) is 0.880. The van der Waals surface area contributed by atoms with Crippen LogP contribution in [-0.4, -0.2) is 35.2 Å². The zero-order chi connectivity index (χ0) is 18.7. The summed E-state index contributed by atoms with van der Waals surface area (Å²) >= 11 is 0. The highest BCUT2D eigenvalue weighted by atomic mass is 19.1. The smallest absolute Gasteiger partial charge is 0.254 e. The Labute approximate surface area is 149 Å². The summed E-state index contributed by atoms with van der Waals surface area (Å²) in [4.78, 5) is 38.0. The molecule has 3 rings (SSSR count). The minimum absolute atomic E-state index is 0.0883. The van der Waals surface area contributed by atoms with E-state index < -0.39 is 23.7 Å². The number of amides is 3. The highest BCUT2D eigenvalue weighted by Gasteiger charge is 2.34. The van der Waals surface area contributed by atoms with Gasteiger partial charge < -0.3 is 16.0 Å². The number of nitrogens with zero attached hydrogens (tertiary/aromatic N) is 1. The number of halogens is 1. The fraction of sp³-hybridized carbons (Fsp3) is 0.211. The molecule has 0 aliphatic carbocycles. The summed E-state index contributed by atoms with van der Waals surface area (Å²) in [6.07, 6.45) is 1.17. The largest absolute Gasteiger partial charge is 0.366 e. The van der Waals surface area contributed by atoms with Gasteiger partial charge in [0.2, 0.25) is 11.8 Å². The SMILES string of the molecule is NC(=O)c1ccc(F)c(NC(=O)C2CCCN2C(=O)c2ccccc2)c1. The first kappa shape index (κ1) is 17.6. The lowest BCUT2D eigenvalue weighted by Crippen LogP contribution is -2.43. The molecular formula is C19H18FN3O3. The van der Waals surface area contributed by atoms with Gasteiger partial charge >= 0.3 is 0 Å². The van der Waals surface area contributed by atoms with Crippen LogP contribution in [0.4, 0.5) is 10.1 Å². The normalized spacial score (nSPS) is 16.3. The number of rotatable bonds is 4. The monoisotopic (exact) mass is 355 g/mol. The van der Waals surface area contributed by atoms with Crippen molar-refractivity contribution in [3.63, 3.8) is 0 Å². The van der Waals surface area contributed by atoms with Crippen LogP contribution in [0, 0.1) is 5.82 Å². The predicted octanol–water partition coefficient (Wildman–Crippen LogP) is 2.17. The minimum Gasteiger partial charge on any atom is -0.366 e. The summed E-state index contributed by atoms with van der Waals surface area (Å²) < 4.78 is 14.0. The fourth-order valence-electron chi connectivity index (χ4n) is 3.02. The van der Waals surface area contributed by atoms with Crippen LogP contribution in [0.5, 0.6) is 0 Å². The first-order valence-electron chi connectivity index (χ1n) is 8.23. The van der Waals surface area contributed by atoms with E-state index >= 15 is 0 Å². The summed E-state index contributed by atoms with van der Waals surface area (Å²) in [5.74, 6) is -2.13. The van der Waals surface area contributed by atoms with Crippen molar-refractivity contribution in [3.8, 4) is 0 Å². The average molecular weight is 355 g/mol. The van der Waals surface area contributed by atoms with E-state index in [1.165, 1.54) is 17.0 Å². The lowest BCUT2D eigenvalue weighted by atomic mass is 10.1. The van der Waals surface area contributed by atoms with Crippen molar-refractivity contribution in [3.05, 3.63) is 65.5 Å². The van der Waals surface area contributed by atoms with Crippen LogP contribution in [0.25, 0.3) is 0 Å². The summed E-state index contributed by atoms with van der Waals surface area (Å²) in [7, 11) is 0. The molecule has 1 aliphatic heterocycles. The molecule has 0 spiro atoms. The Hall–Kier alpha value is -3.22. The summed E-state index contributed by atoms with van der Waals surface area (Å²) in [5, 5.41) is 2.47. The van der Waals surface area contributed by atoms with E-state index in [4.69, 9.17) is 5.73 Å². The van der Waals surface area contributed by atoms with E-state index in [2.05, 4.69) is 5.32 Å². The number of likely N-dealkylation sites (tertiary alicyclic amines) is 1. The Morgan fingerprint density at radius 1 is 1.08 bits per heavy atom. The molecule has 2 aromatic carbocycles.